The van der Waals surface area contributed by atoms with Crippen LogP contribution in [0.1, 0.15) is 48.8 Å². The van der Waals surface area contributed by atoms with E-state index in [1.54, 1.807) is 11.6 Å². The van der Waals surface area contributed by atoms with Crippen LogP contribution >= 0.6 is 0 Å². The third-order valence-corrected chi connectivity index (χ3v) is 3.13. The second kappa shape index (κ2) is 4.97. The van der Waals surface area contributed by atoms with Crippen molar-refractivity contribution in [2.24, 2.45) is 0 Å². The molecule has 0 spiro atoms. The Morgan fingerprint density at radius 2 is 2.28 bits per heavy atom. The Bertz CT molecular complexity index is 449. The first-order chi connectivity index (χ1) is 8.56. The highest BCUT2D eigenvalue weighted by atomic mass is 16.5. The maximum absolute atomic E-state index is 11.9. The number of hydrogen-bond donors (Lipinski definition) is 2. The van der Waals surface area contributed by atoms with Crippen LogP contribution in [-0.4, -0.2) is 35.4 Å². The van der Waals surface area contributed by atoms with Crippen molar-refractivity contribution in [1.82, 2.24) is 15.1 Å². The number of rotatable bonds is 4. The van der Waals surface area contributed by atoms with Gasteiger partial charge in [0.15, 0.2) is 5.69 Å². The van der Waals surface area contributed by atoms with Gasteiger partial charge in [0, 0.05) is 30.6 Å². The molecular formula is C12H20N4O2. The number of anilines is 1. The Hall–Kier alpha value is -1.56. The van der Waals surface area contributed by atoms with Gasteiger partial charge in [-0.25, -0.2) is 9.48 Å². The first-order valence-electron chi connectivity index (χ1n) is 6.32. The first-order valence-corrected chi connectivity index (χ1v) is 6.32. The molecule has 1 aromatic heterocycles. The Morgan fingerprint density at radius 3 is 2.72 bits per heavy atom. The summed E-state index contributed by atoms with van der Waals surface area (Å²) in [5, 5.41) is 7.50. The fraction of sp³-hybridized carbons (Fsp3) is 0.667. The van der Waals surface area contributed by atoms with Crippen molar-refractivity contribution in [2.75, 3.05) is 25.4 Å². The molecule has 2 rings (SSSR count). The fourth-order valence-electron chi connectivity index (χ4n) is 2.10. The molecule has 0 saturated carbocycles. The van der Waals surface area contributed by atoms with Crippen LogP contribution in [-0.2, 0) is 4.74 Å². The monoisotopic (exact) mass is 252 g/mol. The molecule has 0 aliphatic carbocycles. The Labute approximate surface area is 106 Å². The predicted molar refractivity (Wildman–Crippen MR) is 68.6 cm³/mol. The van der Waals surface area contributed by atoms with E-state index in [0.29, 0.717) is 18.1 Å². The molecule has 1 saturated heterocycles. The topological polar surface area (TPSA) is 82.2 Å². The number of ether oxygens (including phenoxy) is 1. The summed E-state index contributed by atoms with van der Waals surface area (Å²) in [6.07, 6.45) is 0. The summed E-state index contributed by atoms with van der Waals surface area (Å²) in [4.78, 5) is 11.9. The van der Waals surface area contributed by atoms with E-state index in [-0.39, 0.29) is 17.9 Å². The van der Waals surface area contributed by atoms with E-state index in [1.165, 1.54) is 0 Å². The summed E-state index contributed by atoms with van der Waals surface area (Å²) < 4.78 is 6.74. The molecule has 3 N–H and O–H groups in total. The summed E-state index contributed by atoms with van der Waals surface area (Å²) in [6, 6.07) is 0.125. The summed E-state index contributed by atoms with van der Waals surface area (Å²) in [5.41, 5.74) is 7.32. The second-order valence-electron chi connectivity index (χ2n) is 4.76. The van der Waals surface area contributed by atoms with Crippen LogP contribution in [0.4, 0.5) is 5.82 Å². The Kier molecular flexibility index (Phi) is 3.56. The highest BCUT2D eigenvalue weighted by Gasteiger charge is 2.32. The van der Waals surface area contributed by atoms with Gasteiger partial charge in [-0.2, -0.15) is 5.10 Å². The van der Waals surface area contributed by atoms with Crippen molar-refractivity contribution in [1.29, 1.82) is 0 Å². The zero-order chi connectivity index (χ0) is 13.3. The Morgan fingerprint density at radius 1 is 1.61 bits per heavy atom. The van der Waals surface area contributed by atoms with Gasteiger partial charge in [0.2, 0.25) is 0 Å². The lowest BCUT2D eigenvalue weighted by Gasteiger charge is -2.27. The number of esters is 1. The molecule has 0 radical (unpaired) electrons. The minimum atomic E-state index is -0.384. The highest BCUT2D eigenvalue weighted by molar-refractivity contribution is 5.90. The molecule has 0 amide bonds. The van der Waals surface area contributed by atoms with Crippen molar-refractivity contribution < 1.29 is 9.53 Å². The van der Waals surface area contributed by atoms with E-state index in [1.807, 2.05) is 13.8 Å². The number of aromatic nitrogens is 2. The molecule has 6 nitrogen and oxygen atoms in total. The van der Waals surface area contributed by atoms with Crippen molar-refractivity contribution in [3.05, 3.63) is 11.3 Å². The van der Waals surface area contributed by atoms with Gasteiger partial charge in [-0.05, 0) is 20.8 Å². The minimum Gasteiger partial charge on any atom is -0.461 e. The predicted octanol–water partition coefficient (Wildman–Crippen LogP) is 0.910. The van der Waals surface area contributed by atoms with E-state index in [2.05, 4.69) is 10.4 Å². The van der Waals surface area contributed by atoms with Crippen LogP contribution in [0.5, 0.6) is 0 Å². The van der Waals surface area contributed by atoms with E-state index >= 15 is 0 Å². The van der Waals surface area contributed by atoms with E-state index in [9.17, 15) is 4.79 Å². The van der Waals surface area contributed by atoms with Gasteiger partial charge in [0.1, 0.15) is 5.82 Å². The number of nitrogen functional groups attached to an aromatic ring is 1. The molecule has 18 heavy (non-hydrogen) atoms. The molecule has 6 heteroatoms. The molecule has 0 unspecified atom stereocenters. The van der Waals surface area contributed by atoms with E-state index in [0.717, 1.165) is 18.7 Å². The smallest absolute Gasteiger partial charge is 0.359 e. The average molecular weight is 252 g/mol. The highest BCUT2D eigenvalue weighted by Crippen LogP contribution is 2.31. The quantitative estimate of drug-likeness (QED) is 0.778. The number of nitrogens with zero attached hydrogens (tertiary/aromatic N) is 2. The molecular weight excluding hydrogens is 232 g/mol. The summed E-state index contributed by atoms with van der Waals surface area (Å²) >= 11 is 0. The maximum Gasteiger partial charge on any atom is 0.359 e. The third kappa shape index (κ3) is 2.08. The van der Waals surface area contributed by atoms with Crippen LogP contribution in [0.15, 0.2) is 0 Å². The van der Waals surface area contributed by atoms with Gasteiger partial charge in [-0.1, -0.05) is 0 Å². The van der Waals surface area contributed by atoms with Crippen molar-refractivity contribution in [3.8, 4) is 0 Å². The molecule has 0 aromatic carbocycles. The first kappa shape index (κ1) is 12.9. The van der Waals surface area contributed by atoms with Gasteiger partial charge in [-0.15, -0.1) is 0 Å². The Balaban J connectivity index is 2.42. The van der Waals surface area contributed by atoms with E-state index < -0.39 is 0 Å². The molecule has 1 aliphatic heterocycles. The maximum atomic E-state index is 11.9. The number of nitrogens with two attached hydrogens (primary N) is 1. The molecule has 0 bridgehead atoms. The van der Waals surface area contributed by atoms with Crippen LogP contribution < -0.4 is 11.1 Å². The number of hydrogen-bond acceptors (Lipinski definition) is 5. The van der Waals surface area contributed by atoms with Gasteiger partial charge in [0.25, 0.3) is 0 Å². The zero-order valence-electron chi connectivity index (χ0n) is 11.1. The molecule has 1 aromatic rings. The third-order valence-electron chi connectivity index (χ3n) is 3.13. The molecule has 1 fully saturated rings. The molecule has 100 valence electrons. The summed E-state index contributed by atoms with van der Waals surface area (Å²) in [6.45, 7) is 7.77. The van der Waals surface area contributed by atoms with Gasteiger partial charge >= 0.3 is 5.97 Å². The second-order valence-corrected chi connectivity index (χ2v) is 4.76. The van der Waals surface area contributed by atoms with Crippen LogP contribution in [0.25, 0.3) is 0 Å². The van der Waals surface area contributed by atoms with Gasteiger partial charge < -0.3 is 15.8 Å². The normalized spacial score (nSPS) is 15.8. The number of carbonyl (C=O) groups is 1. The lowest BCUT2D eigenvalue weighted by atomic mass is 9.93. The standard InChI is InChI=1S/C12H20N4O2/c1-4-18-12(17)10-9(8-5-14-6-8)11(13)16(15-10)7(2)3/h7-8,14H,4-6,13H2,1-3H3. The van der Waals surface area contributed by atoms with Crippen LogP contribution in [0.2, 0.25) is 0 Å². The van der Waals surface area contributed by atoms with Crippen molar-refractivity contribution in [3.63, 3.8) is 0 Å². The summed E-state index contributed by atoms with van der Waals surface area (Å²) in [5.74, 6) is 0.460. The van der Waals surface area contributed by atoms with E-state index in [4.69, 9.17) is 10.5 Å². The summed E-state index contributed by atoms with van der Waals surface area (Å²) in [7, 11) is 0. The van der Waals surface area contributed by atoms with Crippen LogP contribution in [0, 0.1) is 0 Å². The van der Waals surface area contributed by atoms with Gasteiger partial charge in [0.05, 0.1) is 6.61 Å². The lowest BCUT2D eigenvalue weighted by Crippen LogP contribution is -2.40. The van der Waals surface area contributed by atoms with Crippen molar-refractivity contribution in [2.45, 2.75) is 32.7 Å². The van der Waals surface area contributed by atoms with Gasteiger partial charge in [-0.3, -0.25) is 0 Å². The average Bonchev–Trinajstić information content (AvgIpc) is 2.55. The number of carbonyl (C=O) groups excluding carboxylic acids is 1. The lowest BCUT2D eigenvalue weighted by molar-refractivity contribution is 0.0516. The fourth-order valence-corrected chi connectivity index (χ4v) is 2.10. The molecule has 1 aliphatic rings. The SMILES string of the molecule is CCOC(=O)c1nn(C(C)C)c(N)c1C1CNC1. The van der Waals surface area contributed by atoms with Crippen molar-refractivity contribution >= 4 is 11.8 Å². The number of nitrogens with one attached hydrogen (secondary N) is 1. The van der Waals surface area contributed by atoms with Crippen LogP contribution in [0.3, 0.4) is 0 Å². The molecule has 2 heterocycles. The minimum absolute atomic E-state index is 0.125. The largest absolute Gasteiger partial charge is 0.461 e. The molecule has 0 atom stereocenters. The zero-order valence-corrected chi connectivity index (χ0v) is 11.1.